The first-order valence-electron chi connectivity index (χ1n) is 5.29. The molecule has 19 heavy (non-hydrogen) atoms. The Morgan fingerprint density at radius 1 is 1.37 bits per heavy atom. The number of halogens is 3. The highest BCUT2D eigenvalue weighted by Crippen LogP contribution is 2.31. The first-order valence-corrected chi connectivity index (χ1v) is 5.29. The van der Waals surface area contributed by atoms with Crippen molar-refractivity contribution in [2.75, 3.05) is 6.61 Å². The van der Waals surface area contributed by atoms with Crippen LogP contribution in [0.4, 0.5) is 13.2 Å². The van der Waals surface area contributed by atoms with E-state index in [0.717, 1.165) is 12.1 Å². The number of aromatic nitrogens is 2. The topological polar surface area (TPSA) is 85.2 Å². The molecule has 0 saturated heterocycles. The van der Waals surface area contributed by atoms with Crippen LogP contribution in [0.15, 0.2) is 28.8 Å². The lowest BCUT2D eigenvalue weighted by Gasteiger charge is -2.06. The zero-order valence-electron chi connectivity index (χ0n) is 9.55. The Kier molecular flexibility index (Phi) is 3.54. The molecule has 1 aromatic heterocycles. The molecule has 0 aliphatic rings. The van der Waals surface area contributed by atoms with Gasteiger partial charge in [0, 0.05) is 5.56 Å². The number of aliphatic hydroxyl groups is 1. The smallest absolute Gasteiger partial charge is 0.394 e. The highest BCUT2D eigenvalue weighted by atomic mass is 19.4. The Bertz CT molecular complexity index is 568. The summed E-state index contributed by atoms with van der Waals surface area (Å²) in [5, 5.41) is 12.4. The molecule has 0 unspecified atom stereocenters. The molecule has 5 nitrogen and oxygen atoms in total. The Hall–Kier alpha value is -1.93. The number of hydrogen-bond acceptors (Lipinski definition) is 5. The van der Waals surface area contributed by atoms with Crippen LogP contribution in [-0.4, -0.2) is 21.9 Å². The summed E-state index contributed by atoms with van der Waals surface area (Å²) in [7, 11) is 0. The zero-order valence-corrected chi connectivity index (χ0v) is 9.55. The molecular formula is C11H10F3N3O2. The van der Waals surface area contributed by atoms with Crippen molar-refractivity contribution >= 4 is 0 Å². The lowest BCUT2D eigenvalue weighted by atomic mass is 10.1. The Morgan fingerprint density at radius 3 is 2.74 bits per heavy atom. The molecule has 0 saturated carbocycles. The van der Waals surface area contributed by atoms with Crippen molar-refractivity contribution in [1.82, 2.24) is 10.1 Å². The molecule has 0 aliphatic carbocycles. The molecule has 0 amide bonds. The second-order valence-electron chi connectivity index (χ2n) is 3.82. The van der Waals surface area contributed by atoms with Gasteiger partial charge < -0.3 is 15.4 Å². The summed E-state index contributed by atoms with van der Waals surface area (Å²) in [4.78, 5) is 3.84. The van der Waals surface area contributed by atoms with Crippen LogP contribution in [0, 0.1) is 0 Å². The monoisotopic (exact) mass is 273 g/mol. The molecule has 1 atom stereocenters. The number of nitrogens with zero attached hydrogens (tertiary/aromatic N) is 2. The third kappa shape index (κ3) is 2.91. The normalized spacial score (nSPS) is 13.5. The predicted molar refractivity (Wildman–Crippen MR) is 58.8 cm³/mol. The van der Waals surface area contributed by atoms with E-state index in [0.29, 0.717) is 0 Å². The van der Waals surface area contributed by atoms with Crippen LogP contribution in [0.25, 0.3) is 11.4 Å². The van der Waals surface area contributed by atoms with Gasteiger partial charge in [-0.2, -0.15) is 18.2 Å². The number of rotatable bonds is 3. The molecule has 0 radical (unpaired) electrons. The predicted octanol–water partition coefficient (Wildman–Crippen LogP) is 1.75. The van der Waals surface area contributed by atoms with E-state index in [1.54, 1.807) is 0 Å². The van der Waals surface area contributed by atoms with Crippen LogP contribution in [0.5, 0.6) is 0 Å². The van der Waals surface area contributed by atoms with E-state index in [9.17, 15) is 13.2 Å². The summed E-state index contributed by atoms with van der Waals surface area (Å²) in [5.74, 6) is -0.0417. The van der Waals surface area contributed by atoms with E-state index in [-0.39, 0.29) is 17.3 Å². The van der Waals surface area contributed by atoms with Gasteiger partial charge in [0.25, 0.3) is 0 Å². The van der Waals surface area contributed by atoms with Crippen LogP contribution >= 0.6 is 0 Å². The lowest BCUT2D eigenvalue weighted by molar-refractivity contribution is -0.137. The van der Waals surface area contributed by atoms with Gasteiger partial charge in [0.1, 0.15) is 6.04 Å². The molecule has 3 N–H and O–H groups in total. The third-order valence-electron chi connectivity index (χ3n) is 2.40. The largest absolute Gasteiger partial charge is 0.416 e. The fourth-order valence-corrected chi connectivity index (χ4v) is 1.42. The highest BCUT2D eigenvalue weighted by molar-refractivity contribution is 5.55. The summed E-state index contributed by atoms with van der Waals surface area (Å²) < 4.78 is 42.4. The van der Waals surface area contributed by atoms with E-state index >= 15 is 0 Å². The van der Waals surface area contributed by atoms with Gasteiger partial charge in [-0.3, -0.25) is 0 Å². The maximum absolute atomic E-state index is 12.6. The number of alkyl halides is 3. The molecule has 0 aliphatic heterocycles. The SMILES string of the molecule is N[C@H](CO)c1nc(-c2cccc(C(F)(F)F)c2)no1. The van der Waals surface area contributed by atoms with E-state index < -0.39 is 24.4 Å². The van der Waals surface area contributed by atoms with Crippen molar-refractivity contribution < 1.29 is 22.8 Å². The number of benzene rings is 1. The van der Waals surface area contributed by atoms with Crippen LogP contribution in [0.2, 0.25) is 0 Å². The van der Waals surface area contributed by atoms with Gasteiger partial charge >= 0.3 is 6.18 Å². The summed E-state index contributed by atoms with van der Waals surface area (Å²) in [6.45, 7) is -0.399. The fraction of sp³-hybridized carbons (Fsp3) is 0.273. The second kappa shape index (κ2) is 4.98. The minimum Gasteiger partial charge on any atom is -0.394 e. The first kappa shape index (κ1) is 13.5. The van der Waals surface area contributed by atoms with Gasteiger partial charge in [0.15, 0.2) is 0 Å². The average molecular weight is 273 g/mol. The van der Waals surface area contributed by atoms with Crippen molar-refractivity contribution in [2.24, 2.45) is 5.73 Å². The van der Waals surface area contributed by atoms with E-state index in [4.69, 9.17) is 15.4 Å². The molecule has 0 bridgehead atoms. The minimum absolute atomic E-state index is 0.00926. The van der Waals surface area contributed by atoms with Crippen molar-refractivity contribution in [3.05, 3.63) is 35.7 Å². The average Bonchev–Trinajstić information content (AvgIpc) is 2.86. The van der Waals surface area contributed by atoms with Gasteiger partial charge in [0.05, 0.1) is 12.2 Å². The fourth-order valence-electron chi connectivity index (χ4n) is 1.42. The zero-order chi connectivity index (χ0) is 14.0. The van der Waals surface area contributed by atoms with Crippen molar-refractivity contribution in [3.8, 4) is 11.4 Å². The number of nitrogens with two attached hydrogens (primary N) is 1. The van der Waals surface area contributed by atoms with E-state index in [1.807, 2.05) is 0 Å². The number of aliphatic hydroxyl groups excluding tert-OH is 1. The minimum atomic E-state index is -4.44. The van der Waals surface area contributed by atoms with Gasteiger partial charge in [-0.05, 0) is 12.1 Å². The Labute approximate surface area is 105 Å². The van der Waals surface area contributed by atoms with Crippen LogP contribution in [0.1, 0.15) is 17.5 Å². The molecule has 102 valence electrons. The van der Waals surface area contributed by atoms with Gasteiger partial charge in [-0.1, -0.05) is 17.3 Å². The summed E-state index contributed by atoms with van der Waals surface area (Å²) in [6, 6.07) is 3.68. The Morgan fingerprint density at radius 2 is 2.11 bits per heavy atom. The molecule has 8 heteroatoms. The molecule has 0 spiro atoms. The van der Waals surface area contributed by atoms with Crippen LogP contribution in [-0.2, 0) is 6.18 Å². The van der Waals surface area contributed by atoms with Crippen molar-refractivity contribution in [1.29, 1.82) is 0 Å². The van der Waals surface area contributed by atoms with Crippen LogP contribution in [0.3, 0.4) is 0 Å². The summed E-state index contributed by atoms with van der Waals surface area (Å²) in [6.07, 6.45) is -4.44. The van der Waals surface area contributed by atoms with Crippen molar-refractivity contribution in [3.63, 3.8) is 0 Å². The highest BCUT2D eigenvalue weighted by Gasteiger charge is 2.30. The second-order valence-corrected chi connectivity index (χ2v) is 3.82. The maximum Gasteiger partial charge on any atom is 0.416 e. The number of hydrogen-bond donors (Lipinski definition) is 2. The summed E-state index contributed by atoms with van der Waals surface area (Å²) in [5.41, 5.74) is 4.82. The Balaban J connectivity index is 2.34. The quantitative estimate of drug-likeness (QED) is 0.889. The first-order chi connectivity index (χ1) is 8.91. The lowest BCUT2D eigenvalue weighted by Crippen LogP contribution is -2.14. The maximum atomic E-state index is 12.6. The van der Waals surface area contributed by atoms with Crippen molar-refractivity contribution in [2.45, 2.75) is 12.2 Å². The molecule has 1 aromatic carbocycles. The molecule has 1 heterocycles. The van der Waals surface area contributed by atoms with E-state index in [2.05, 4.69) is 10.1 Å². The third-order valence-corrected chi connectivity index (χ3v) is 2.40. The van der Waals surface area contributed by atoms with Gasteiger partial charge in [-0.25, -0.2) is 0 Å². The standard InChI is InChI=1S/C11H10F3N3O2/c12-11(13,14)7-3-1-2-6(4-7)9-16-10(19-17-9)8(15)5-18/h1-4,8,18H,5,15H2/t8-/m1/s1. The molecule has 2 rings (SSSR count). The molecular weight excluding hydrogens is 263 g/mol. The van der Waals surface area contributed by atoms with E-state index in [1.165, 1.54) is 12.1 Å². The van der Waals surface area contributed by atoms with Gasteiger partial charge in [-0.15, -0.1) is 0 Å². The summed E-state index contributed by atoms with van der Waals surface area (Å²) >= 11 is 0. The van der Waals surface area contributed by atoms with Gasteiger partial charge in [0.2, 0.25) is 11.7 Å². The molecule has 2 aromatic rings. The molecule has 0 fully saturated rings. The van der Waals surface area contributed by atoms with Crippen LogP contribution < -0.4 is 5.73 Å².